The zero-order chi connectivity index (χ0) is 45.4. The van der Waals surface area contributed by atoms with Gasteiger partial charge in [0.1, 0.15) is 48.8 Å². The minimum absolute atomic E-state index is 0.250. The molecule has 0 aromatic heterocycles. The highest BCUT2D eigenvalue weighted by Crippen LogP contribution is 2.30. The Morgan fingerprint density at radius 3 is 1.55 bits per heavy atom. The van der Waals surface area contributed by atoms with Gasteiger partial charge in [0.15, 0.2) is 12.6 Å². The van der Waals surface area contributed by atoms with Gasteiger partial charge in [-0.05, 0) is 44.9 Å². The Morgan fingerprint density at radius 2 is 1.02 bits per heavy atom. The SMILES string of the molecule is CCCCCC/C=C\CCCCCCCC(=O)NC(COC1OC(CO)C(OC2OC(CO)C(O)C(O)C2O)C(O)C1O)C(O)/C=C/CCCCCCCCCCCCCCC. The summed E-state index contributed by atoms with van der Waals surface area (Å²) in [6.45, 7) is 2.75. The number of allylic oxidation sites excluding steroid dienone is 3. The number of hydrogen-bond donors (Lipinski definition) is 9. The molecule has 2 aliphatic heterocycles. The van der Waals surface area contributed by atoms with Gasteiger partial charge in [-0.2, -0.15) is 0 Å². The van der Waals surface area contributed by atoms with Gasteiger partial charge < -0.3 is 65.1 Å². The molecular formula is C48H89NO13. The first-order valence-corrected chi connectivity index (χ1v) is 24.6. The molecule has 14 heteroatoms. The third-order valence-electron chi connectivity index (χ3n) is 12.1. The van der Waals surface area contributed by atoms with Crippen molar-refractivity contribution in [2.24, 2.45) is 0 Å². The van der Waals surface area contributed by atoms with Crippen molar-refractivity contribution in [2.75, 3.05) is 19.8 Å². The molecule has 0 spiro atoms. The van der Waals surface area contributed by atoms with E-state index in [1.54, 1.807) is 6.08 Å². The standard InChI is InChI=1S/C48H89NO13/c1-3-5-7-9-11-13-15-17-18-20-21-23-25-27-29-31-37(52)36(49-40(53)32-30-28-26-24-22-19-16-14-12-10-8-6-4-2)35-59-47-45(58)43(56)46(39(34-51)61-47)62-48-44(57)42(55)41(54)38(33-50)60-48/h14,16,29,31,36-39,41-48,50-52,54-58H,3-13,15,17-28,30,32-35H2,1-2H3,(H,49,53)/b16-14-,31-29+. The van der Waals surface area contributed by atoms with Crippen molar-refractivity contribution in [2.45, 2.75) is 254 Å². The van der Waals surface area contributed by atoms with Crippen LogP contribution in [-0.4, -0.2) is 140 Å². The molecule has 1 amide bonds. The number of rotatable bonds is 37. The number of amides is 1. The first-order valence-electron chi connectivity index (χ1n) is 24.6. The van der Waals surface area contributed by atoms with Crippen molar-refractivity contribution >= 4 is 5.91 Å². The summed E-state index contributed by atoms with van der Waals surface area (Å²) in [4.78, 5) is 13.1. The van der Waals surface area contributed by atoms with E-state index in [1.807, 2.05) is 6.08 Å². The summed E-state index contributed by atoms with van der Waals surface area (Å²) in [5, 5.41) is 86.6. The Bertz CT molecular complexity index is 1140. The summed E-state index contributed by atoms with van der Waals surface area (Å²) in [5.41, 5.74) is 0. The highest BCUT2D eigenvalue weighted by Gasteiger charge is 2.51. The number of hydrogen-bond acceptors (Lipinski definition) is 13. The number of ether oxygens (including phenoxy) is 4. The van der Waals surface area contributed by atoms with Crippen LogP contribution in [0.4, 0.5) is 0 Å². The number of carbonyl (C=O) groups is 1. The van der Waals surface area contributed by atoms with Crippen molar-refractivity contribution in [1.82, 2.24) is 5.32 Å². The topological polar surface area (TPSA) is 228 Å². The Balaban J connectivity index is 1.88. The van der Waals surface area contributed by atoms with E-state index in [9.17, 15) is 45.6 Å². The second kappa shape index (κ2) is 35.7. The molecule has 2 heterocycles. The smallest absolute Gasteiger partial charge is 0.220 e. The second-order valence-electron chi connectivity index (χ2n) is 17.6. The van der Waals surface area contributed by atoms with Gasteiger partial charge in [-0.3, -0.25) is 4.79 Å². The summed E-state index contributed by atoms with van der Waals surface area (Å²) in [7, 11) is 0. The van der Waals surface area contributed by atoms with Gasteiger partial charge in [0.2, 0.25) is 5.91 Å². The lowest BCUT2D eigenvalue weighted by Gasteiger charge is -2.46. The molecule has 0 radical (unpaired) electrons. The molecule has 62 heavy (non-hydrogen) atoms. The van der Waals surface area contributed by atoms with Crippen molar-refractivity contribution in [3.05, 3.63) is 24.3 Å². The normalized spacial score (nSPS) is 27.9. The van der Waals surface area contributed by atoms with Crippen molar-refractivity contribution < 1.29 is 64.6 Å². The summed E-state index contributed by atoms with van der Waals surface area (Å²) >= 11 is 0. The van der Waals surface area contributed by atoms with Crippen LogP contribution in [0.5, 0.6) is 0 Å². The first-order chi connectivity index (χ1) is 30.1. The largest absolute Gasteiger partial charge is 0.394 e. The summed E-state index contributed by atoms with van der Waals surface area (Å²) in [6, 6.07) is -0.914. The summed E-state index contributed by atoms with van der Waals surface area (Å²) in [5.74, 6) is -0.250. The average Bonchev–Trinajstić information content (AvgIpc) is 3.27. The van der Waals surface area contributed by atoms with E-state index in [4.69, 9.17) is 18.9 Å². The molecule has 364 valence electrons. The lowest BCUT2D eigenvalue weighted by molar-refractivity contribution is -0.359. The number of unbranched alkanes of at least 4 members (excludes halogenated alkanes) is 22. The Morgan fingerprint density at radius 1 is 0.565 bits per heavy atom. The molecule has 0 aromatic carbocycles. The quantitative estimate of drug-likeness (QED) is 0.0267. The van der Waals surface area contributed by atoms with Gasteiger partial charge in [0.05, 0.1) is 32.0 Å². The van der Waals surface area contributed by atoms with Crippen molar-refractivity contribution in [3.63, 3.8) is 0 Å². The molecule has 2 saturated heterocycles. The van der Waals surface area contributed by atoms with E-state index in [1.165, 1.54) is 96.3 Å². The number of aliphatic hydroxyl groups is 8. The maximum absolute atomic E-state index is 13.1. The van der Waals surface area contributed by atoms with Gasteiger partial charge in [0.25, 0.3) is 0 Å². The molecule has 12 atom stereocenters. The van der Waals surface area contributed by atoms with Crippen molar-refractivity contribution in [1.29, 1.82) is 0 Å². The zero-order valence-corrected chi connectivity index (χ0v) is 38.4. The second-order valence-corrected chi connectivity index (χ2v) is 17.6. The van der Waals surface area contributed by atoms with Gasteiger partial charge in [-0.25, -0.2) is 0 Å². The highest BCUT2D eigenvalue weighted by molar-refractivity contribution is 5.76. The van der Waals surface area contributed by atoms with Crippen LogP contribution < -0.4 is 5.32 Å². The fraction of sp³-hybridized carbons (Fsp3) is 0.896. The molecule has 0 bridgehead atoms. The fourth-order valence-electron chi connectivity index (χ4n) is 8.05. The van der Waals surface area contributed by atoms with E-state index < -0.39 is 86.8 Å². The Labute approximate surface area is 373 Å². The predicted octanol–water partition coefficient (Wildman–Crippen LogP) is 5.77. The first kappa shape index (κ1) is 56.6. The Hall–Kier alpha value is -1.53. The molecule has 2 aliphatic rings. The van der Waals surface area contributed by atoms with E-state index in [0.717, 1.165) is 57.8 Å². The minimum atomic E-state index is -1.79. The minimum Gasteiger partial charge on any atom is -0.394 e. The van der Waals surface area contributed by atoms with Crippen LogP contribution in [-0.2, 0) is 23.7 Å². The molecule has 14 nitrogen and oxygen atoms in total. The van der Waals surface area contributed by atoms with E-state index >= 15 is 0 Å². The van der Waals surface area contributed by atoms with Crippen LogP contribution in [0.15, 0.2) is 24.3 Å². The molecule has 2 fully saturated rings. The van der Waals surface area contributed by atoms with Crippen LogP contribution in [0.2, 0.25) is 0 Å². The predicted molar refractivity (Wildman–Crippen MR) is 240 cm³/mol. The molecule has 12 unspecified atom stereocenters. The van der Waals surface area contributed by atoms with Gasteiger partial charge >= 0.3 is 0 Å². The van der Waals surface area contributed by atoms with Crippen LogP contribution in [0.3, 0.4) is 0 Å². The molecule has 9 N–H and O–H groups in total. The molecular weight excluding hydrogens is 799 g/mol. The van der Waals surface area contributed by atoms with Crippen molar-refractivity contribution in [3.8, 4) is 0 Å². The van der Waals surface area contributed by atoms with E-state index in [2.05, 4.69) is 31.3 Å². The van der Waals surface area contributed by atoms with Crippen LogP contribution in [0.1, 0.15) is 181 Å². The van der Waals surface area contributed by atoms with Gasteiger partial charge in [-0.1, -0.05) is 154 Å². The van der Waals surface area contributed by atoms with Gasteiger partial charge in [0, 0.05) is 6.42 Å². The maximum atomic E-state index is 13.1. The number of aliphatic hydroxyl groups excluding tert-OH is 8. The third-order valence-corrected chi connectivity index (χ3v) is 12.1. The average molecular weight is 888 g/mol. The zero-order valence-electron chi connectivity index (χ0n) is 38.4. The maximum Gasteiger partial charge on any atom is 0.220 e. The van der Waals surface area contributed by atoms with E-state index in [0.29, 0.717) is 6.42 Å². The monoisotopic (exact) mass is 888 g/mol. The lowest BCUT2D eigenvalue weighted by atomic mass is 9.97. The van der Waals surface area contributed by atoms with Crippen LogP contribution >= 0.6 is 0 Å². The third kappa shape index (κ3) is 23.1. The fourth-order valence-corrected chi connectivity index (χ4v) is 8.05. The highest BCUT2D eigenvalue weighted by atomic mass is 16.7. The number of carbonyl (C=O) groups excluding carboxylic acids is 1. The van der Waals surface area contributed by atoms with Crippen LogP contribution in [0.25, 0.3) is 0 Å². The summed E-state index contributed by atoms with van der Waals surface area (Å²) in [6.07, 6.45) is 20.7. The lowest BCUT2D eigenvalue weighted by Crippen LogP contribution is -2.65. The molecule has 0 aliphatic carbocycles. The number of nitrogens with one attached hydrogen (secondary N) is 1. The molecule has 0 saturated carbocycles. The van der Waals surface area contributed by atoms with E-state index in [-0.39, 0.29) is 18.9 Å². The molecule has 2 rings (SSSR count). The summed E-state index contributed by atoms with van der Waals surface area (Å²) < 4.78 is 22.7. The molecule has 0 aromatic rings. The Kier molecular flexibility index (Phi) is 32.6. The van der Waals surface area contributed by atoms with Gasteiger partial charge in [-0.15, -0.1) is 0 Å². The van der Waals surface area contributed by atoms with Crippen LogP contribution in [0, 0.1) is 0 Å².